The van der Waals surface area contributed by atoms with Crippen molar-refractivity contribution in [3.05, 3.63) is 0 Å². The molecule has 0 radical (unpaired) electrons. The molecule has 0 aromatic heterocycles. The fourth-order valence-corrected chi connectivity index (χ4v) is 2.24. The Morgan fingerprint density at radius 2 is 1.44 bits per heavy atom. The molecule has 0 saturated carbocycles. The number of nitrogens with two attached hydrogens (primary N) is 3. The molecule has 16 heteroatoms. The summed E-state index contributed by atoms with van der Waals surface area (Å²) in [5.41, 5.74) is 15.6. The zero-order chi connectivity index (χ0) is 24.8. The highest BCUT2D eigenvalue weighted by molar-refractivity contribution is 5.95. The number of aliphatic imine (C=N–C) groups is 1. The van der Waals surface area contributed by atoms with Crippen LogP contribution in [-0.4, -0.2) is 88.1 Å². The number of hydrogen-bond acceptors (Lipinski definition) is 8. The molecule has 0 aliphatic carbocycles. The van der Waals surface area contributed by atoms with Gasteiger partial charge in [0.2, 0.25) is 17.7 Å². The van der Waals surface area contributed by atoms with Gasteiger partial charge in [-0.3, -0.25) is 29.0 Å². The van der Waals surface area contributed by atoms with Crippen molar-refractivity contribution in [1.29, 1.82) is 0 Å². The van der Waals surface area contributed by atoms with E-state index < -0.39 is 73.1 Å². The lowest BCUT2D eigenvalue weighted by Crippen LogP contribution is -2.54. The Morgan fingerprint density at radius 3 is 1.94 bits per heavy atom. The van der Waals surface area contributed by atoms with Gasteiger partial charge in [0.1, 0.15) is 12.1 Å². The second-order valence-corrected chi connectivity index (χ2v) is 6.49. The van der Waals surface area contributed by atoms with E-state index in [1.54, 1.807) is 0 Å². The number of carbonyl (C=O) groups is 6. The predicted octanol–water partition coefficient (Wildman–Crippen LogP) is -4.51. The highest BCUT2D eigenvalue weighted by atomic mass is 16.4. The maximum absolute atomic E-state index is 12.2. The number of guanidine groups is 1. The highest BCUT2D eigenvalue weighted by Gasteiger charge is 2.27. The third-order valence-corrected chi connectivity index (χ3v) is 3.74. The first kappa shape index (κ1) is 28.0. The van der Waals surface area contributed by atoms with Gasteiger partial charge in [0.15, 0.2) is 5.96 Å². The molecule has 0 rings (SSSR count). The Morgan fingerprint density at radius 1 is 0.844 bits per heavy atom. The average molecular weight is 461 g/mol. The van der Waals surface area contributed by atoms with Gasteiger partial charge in [-0.15, -0.1) is 0 Å². The van der Waals surface area contributed by atoms with Crippen molar-refractivity contribution >= 4 is 41.6 Å². The van der Waals surface area contributed by atoms with Crippen LogP contribution in [0.4, 0.5) is 0 Å². The van der Waals surface area contributed by atoms with Crippen molar-refractivity contribution < 1.29 is 44.1 Å². The van der Waals surface area contributed by atoms with Gasteiger partial charge < -0.3 is 48.5 Å². The van der Waals surface area contributed by atoms with Crippen molar-refractivity contribution in [2.75, 3.05) is 13.1 Å². The number of aliphatic carboxylic acids is 3. The second kappa shape index (κ2) is 14.1. The zero-order valence-corrected chi connectivity index (χ0v) is 16.9. The Hall–Kier alpha value is -3.95. The molecule has 32 heavy (non-hydrogen) atoms. The Balaban J connectivity index is 4.83. The maximum atomic E-state index is 12.2. The van der Waals surface area contributed by atoms with Crippen LogP contribution in [0.2, 0.25) is 0 Å². The first-order chi connectivity index (χ1) is 14.8. The minimum absolute atomic E-state index is 0.00897. The molecule has 180 valence electrons. The first-order valence-corrected chi connectivity index (χ1v) is 9.18. The van der Waals surface area contributed by atoms with Crippen LogP contribution >= 0.6 is 0 Å². The molecule has 3 atom stereocenters. The molecule has 0 aliphatic heterocycles. The van der Waals surface area contributed by atoms with E-state index in [9.17, 15) is 28.8 Å². The van der Waals surface area contributed by atoms with Gasteiger partial charge in [0, 0.05) is 6.54 Å². The van der Waals surface area contributed by atoms with Gasteiger partial charge in [-0.2, -0.15) is 0 Å². The minimum atomic E-state index is -1.65. The normalized spacial score (nSPS) is 13.0. The maximum Gasteiger partial charge on any atom is 0.326 e. The molecular formula is C16H27N7O9. The summed E-state index contributed by atoms with van der Waals surface area (Å²) in [6.07, 6.45) is -1.40. The Labute approximate surface area is 181 Å². The van der Waals surface area contributed by atoms with E-state index in [0.717, 1.165) is 0 Å². The predicted molar refractivity (Wildman–Crippen MR) is 107 cm³/mol. The fraction of sp³-hybridized carbons (Fsp3) is 0.562. The summed E-state index contributed by atoms with van der Waals surface area (Å²) < 4.78 is 0. The lowest BCUT2D eigenvalue weighted by Gasteiger charge is -2.19. The molecule has 12 N–H and O–H groups in total. The van der Waals surface area contributed by atoms with Crippen LogP contribution in [-0.2, 0) is 28.8 Å². The van der Waals surface area contributed by atoms with Crippen molar-refractivity contribution in [3.63, 3.8) is 0 Å². The summed E-state index contributed by atoms with van der Waals surface area (Å²) >= 11 is 0. The van der Waals surface area contributed by atoms with E-state index in [4.69, 9.17) is 32.5 Å². The van der Waals surface area contributed by atoms with Crippen LogP contribution in [0.3, 0.4) is 0 Å². The average Bonchev–Trinajstić information content (AvgIpc) is 2.66. The molecule has 0 aromatic rings. The Bertz CT molecular complexity index is 752. The summed E-state index contributed by atoms with van der Waals surface area (Å²) in [5.74, 6) is -7.39. The lowest BCUT2D eigenvalue weighted by molar-refractivity contribution is -0.143. The number of amides is 3. The van der Waals surface area contributed by atoms with Crippen molar-refractivity contribution in [3.8, 4) is 0 Å². The number of carboxylic acids is 3. The summed E-state index contributed by atoms with van der Waals surface area (Å²) in [4.78, 5) is 72.4. The van der Waals surface area contributed by atoms with Crippen LogP contribution < -0.4 is 33.2 Å². The van der Waals surface area contributed by atoms with E-state index in [0.29, 0.717) is 0 Å². The molecule has 3 amide bonds. The molecule has 0 saturated heterocycles. The quantitative estimate of drug-likeness (QED) is 0.0633. The van der Waals surface area contributed by atoms with Crippen LogP contribution in [0.25, 0.3) is 0 Å². The largest absolute Gasteiger partial charge is 0.481 e. The van der Waals surface area contributed by atoms with E-state index in [1.165, 1.54) is 0 Å². The van der Waals surface area contributed by atoms with E-state index in [-0.39, 0.29) is 25.3 Å². The molecule has 0 aliphatic rings. The second-order valence-electron chi connectivity index (χ2n) is 6.49. The first-order valence-electron chi connectivity index (χ1n) is 9.18. The highest BCUT2D eigenvalue weighted by Crippen LogP contribution is 1.99. The topological polar surface area (TPSA) is 290 Å². The van der Waals surface area contributed by atoms with Crippen molar-refractivity contribution in [1.82, 2.24) is 16.0 Å². The molecule has 0 bridgehead atoms. The number of rotatable bonds is 15. The van der Waals surface area contributed by atoms with Crippen LogP contribution in [0.15, 0.2) is 4.99 Å². The van der Waals surface area contributed by atoms with E-state index >= 15 is 0 Å². The smallest absolute Gasteiger partial charge is 0.326 e. The fourth-order valence-electron chi connectivity index (χ4n) is 2.24. The molecular weight excluding hydrogens is 434 g/mol. The third kappa shape index (κ3) is 12.6. The summed E-state index contributed by atoms with van der Waals surface area (Å²) in [7, 11) is 0. The SMILES string of the molecule is NC(N)=NCCCC(NC(=O)CNC(=O)C(CC(=O)O)NC(=O)C(N)CC(=O)O)C(=O)O. The van der Waals surface area contributed by atoms with Crippen LogP contribution in [0, 0.1) is 0 Å². The molecule has 0 aromatic carbocycles. The summed E-state index contributed by atoms with van der Waals surface area (Å²) in [6, 6.07) is -4.48. The van der Waals surface area contributed by atoms with Gasteiger partial charge in [-0.05, 0) is 12.8 Å². The number of carbonyl (C=O) groups excluding carboxylic acids is 3. The van der Waals surface area contributed by atoms with Gasteiger partial charge in [0.05, 0.1) is 25.4 Å². The van der Waals surface area contributed by atoms with E-state index in [2.05, 4.69) is 15.6 Å². The molecule has 0 heterocycles. The van der Waals surface area contributed by atoms with Gasteiger partial charge in [-0.1, -0.05) is 0 Å². The summed E-state index contributed by atoms with van der Waals surface area (Å²) in [5, 5.41) is 32.9. The monoisotopic (exact) mass is 461 g/mol. The van der Waals surface area contributed by atoms with Crippen LogP contribution in [0.5, 0.6) is 0 Å². The minimum Gasteiger partial charge on any atom is -0.481 e. The zero-order valence-electron chi connectivity index (χ0n) is 16.9. The standard InChI is InChI=1S/C16H27N7O9/c17-7(4-11(25)26)13(29)23-9(5-12(27)28)14(30)21-6-10(24)22-8(15(31)32)2-1-3-20-16(18)19/h7-9H,1-6,17H2,(H,21,30)(H,22,24)(H,23,29)(H,25,26)(H,27,28)(H,31,32)(H4,18,19,20). The van der Waals surface area contributed by atoms with E-state index in [1.807, 2.05) is 5.32 Å². The molecule has 16 nitrogen and oxygen atoms in total. The lowest BCUT2D eigenvalue weighted by atomic mass is 10.1. The van der Waals surface area contributed by atoms with Gasteiger partial charge >= 0.3 is 17.9 Å². The number of carboxylic acid groups (broad SMARTS) is 3. The molecule has 3 unspecified atom stereocenters. The number of hydrogen-bond donors (Lipinski definition) is 9. The molecule has 0 fully saturated rings. The van der Waals surface area contributed by atoms with Crippen LogP contribution in [0.1, 0.15) is 25.7 Å². The third-order valence-electron chi connectivity index (χ3n) is 3.74. The molecule has 0 spiro atoms. The number of nitrogens with one attached hydrogen (secondary N) is 3. The van der Waals surface area contributed by atoms with Crippen molar-refractivity contribution in [2.24, 2.45) is 22.2 Å². The van der Waals surface area contributed by atoms with Crippen molar-refractivity contribution in [2.45, 2.75) is 43.8 Å². The van der Waals surface area contributed by atoms with Gasteiger partial charge in [0.25, 0.3) is 0 Å². The number of nitrogens with zero attached hydrogens (tertiary/aromatic N) is 1. The Kier molecular flexibility index (Phi) is 12.4. The van der Waals surface area contributed by atoms with Gasteiger partial charge in [-0.25, -0.2) is 4.79 Å². The summed E-state index contributed by atoms with van der Waals surface area (Å²) in [6.45, 7) is -0.580.